The first-order chi connectivity index (χ1) is 13.4. The topological polar surface area (TPSA) is 69.7 Å². The third kappa shape index (κ3) is 3.77. The molecule has 0 radical (unpaired) electrons. The van der Waals surface area contributed by atoms with Crippen LogP contribution in [0.5, 0.6) is 0 Å². The van der Waals surface area contributed by atoms with Crippen molar-refractivity contribution in [3.8, 4) is 0 Å². The number of nitrogens with one attached hydrogen (secondary N) is 1. The lowest BCUT2D eigenvalue weighted by atomic mass is 9.98. The maximum absolute atomic E-state index is 12.9. The van der Waals surface area contributed by atoms with Crippen molar-refractivity contribution in [2.45, 2.75) is 19.3 Å². The molecular weight excluding hydrogens is 374 g/mol. The van der Waals surface area contributed by atoms with E-state index in [-0.39, 0.29) is 18.4 Å². The monoisotopic (exact) mass is 399 g/mol. The molecule has 0 saturated carbocycles. The second kappa shape index (κ2) is 7.56. The summed E-state index contributed by atoms with van der Waals surface area (Å²) in [4.78, 5) is 15.1. The third-order valence-electron chi connectivity index (χ3n) is 5.56. The molecule has 1 fully saturated rings. The van der Waals surface area contributed by atoms with Crippen LogP contribution in [0.4, 0.5) is 17.1 Å². The summed E-state index contributed by atoms with van der Waals surface area (Å²) in [5.41, 5.74) is 4.21. The zero-order valence-corrected chi connectivity index (χ0v) is 16.8. The molecular formula is C21H25N3O3S. The molecule has 1 amide bonds. The SMILES string of the molecule is CS(=O)(=O)N1CCCC(C(=O)Nc2ccccc2N2CCc3ccccc32)C1. The molecule has 0 aliphatic carbocycles. The Labute approximate surface area is 166 Å². The van der Waals surface area contributed by atoms with Gasteiger partial charge in [0.2, 0.25) is 15.9 Å². The Balaban J connectivity index is 1.54. The van der Waals surface area contributed by atoms with Crippen LogP contribution in [0.15, 0.2) is 48.5 Å². The maximum atomic E-state index is 12.9. The number of para-hydroxylation sites is 3. The summed E-state index contributed by atoms with van der Waals surface area (Å²) in [6.07, 6.45) is 3.58. The van der Waals surface area contributed by atoms with E-state index in [1.807, 2.05) is 36.4 Å². The number of hydrogen-bond acceptors (Lipinski definition) is 4. The fourth-order valence-electron chi connectivity index (χ4n) is 4.10. The molecule has 28 heavy (non-hydrogen) atoms. The highest BCUT2D eigenvalue weighted by atomic mass is 32.2. The molecule has 1 atom stereocenters. The molecule has 2 aromatic carbocycles. The van der Waals surface area contributed by atoms with E-state index in [0.29, 0.717) is 19.4 Å². The number of hydrogen-bond donors (Lipinski definition) is 1. The predicted molar refractivity (Wildman–Crippen MR) is 111 cm³/mol. The second-order valence-electron chi connectivity index (χ2n) is 7.50. The molecule has 2 aliphatic heterocycles. The summed E-state index contributed by atoms with van der Waals surface area (Å²) in [5, 5.41) is 3.06. The Hall–Kier alpha value is -2.38. The molecule has 0 bridgehead atoms. The first-order valence-electron chi connectivity index (χ1n) is 9.64. The highest BCUT2D eigenvalue weighted by Crippen LogP contribution is 2.38. The van der Waals surface area contributed by atoms with Gasteiger partial charge in [-0.1, -0.05) is 30.3 Å². The van der Waals surface area contributed by atoms with Crippen molar-refractivity contribution < 1.29 is 13.2 Å². The number of carbonyl (C=O) groups is 1. The minimum atomic E-state index is -3.27. The van der Waals surface area contributed by atoms with Gasteiger partial charge in [0.05, 0.1) is 23.5 Å². The lowest BCUT2D eigenvalue weighted by Crippen LogP contribution is -2.43. The Morgan fingerprint density at radius 1 is 1.04 bits per heavy atom. The molecule has 1 saturated heterocycles. The van der Waals surface area contributed by atoms with Gasteiger partial charge in [-0.15, -0.1) is 0 Å². The lowest BCUT2D eigenvalue weighted by molar-refractivity contribution is -0.120. The number of carbonyl (C=O) groups excluding carboxylic acids is 1. The van der Waals surface area contributed by atoms with Crippen LogP contribution < -0.4 is 10.2 Å². The minimum absolute atomic E-state index is 0.117. The van der Waals surface area contributed by atoms with E-state index in [0.717, 1.165) is 24.3 Å². The van der Waals surface area contributed by atoms with Crippen molar-refractivity contribution in [3.63, 3.8) is 0 Å². The zero-order chi connectivity index (χ0) is 19.7. The van der Waals surface area contributed by atoms with E-state index >= 15 is 0 Å². The number of benzene rings is 2. The normalized spacial score (nSPS) is 20.0. The third-order valence-corrected chi connectivity index (χ3v) is 6.83. The number of fused-ring (bicyclic) bond motifs is 1. The van der Waals surface area contributed by atoms with Gasteiger partial charge in [-0.25, -0.2) is 12.7 Å². The van der Waals surface area contributed by atoms with Gasteiger partial charge < -0.3 is 10.2 Å². The summed E-state index contributed by atoms with van der Waals surface area (Å²) in [6, 6.07) is 16.1. The molecule has 0 spiro atoms. The molecule has 148 valence electrons. The van der Waals surface area contributed by atoms with Crippen molar-refractivity contribution >= 4 is 33.0 Å². The molecule has 6 nitrogen and oxygen atoms in total. The van der Waals surface area contributed by atoms with Crippen molar-refractivity contribution in [2.24, 2.45) is 5.92 Å². The van der Waals surface area contributed by atoms with E-state index in [1.54, 1.807) is 0 Å². The van der Waals surface area contributed by atoms with Crippen LogP contribution in [0.3, 0.4) is 0 Å². The molecule has 4 rings (SSSR count). The largest absolute Gasteiger partial charge is 0.339 e. The van der Waals surface area contributed by atoms with Crippen LogP contribution in [0, 0.1) is 5.92 Å². The molecule has 2 aliphatic rings. The highest BCUT2D eigenvalue weighted by molar-refractivity contribution is 7.88. The highest BCUT2D eigenvalue weighted by Gasteiger charge is 2.31. The van der Waals surface area contributed by atoms with Crippen LogP contribution in [0.25, 0.3) is 0 Å². The van der Waals surface area contributed by atoms with Gasteiger partial charge in [-0.2, -0.15) is 0 Å². The van der Waals surface area contributed by atoms with E-state index < -0.39 is 10.0 Å². The number of rotatable bonds is 4. The van der Waals surface area contributed by atoms with Gasteiger partial charge >= 0.3 is 0 Å². The van der Waals surface area contributed by atoms with Crippen molar-refractivity contribution in [1.29, 1.82) is 0 Å². The van der Waals surface area contributed by atoms with Gasteiger partial charge in [-0.3, -0.25) is 4.79 Å². The van der Waals surface area contributed by atoms with E-state index in [9.17, 15) is 13.2 Å². The second-order valence-corrected chi connectivity index (χ2v) is 9.48. The van der Waals surface area contributed by atoms with Crippen LogP contribution in [0.2, 0.25) is 0 Å². The fourth-order valence-corrected chi connectivity index (χ4v) is 5.01. The van der Waals surface area contributed by atoms with Crippen LogP contribution in [-0.4, -0.2) is 44.5 Å². The van der Waals surface area contributed by atoms with Crippen molar-refractivity contribution in [3.05, 3.63) is 54.1 Å². The zero-order valence-electron chi connectivity index (χ0n) is 16.0. The number of nitrogens with zero attached hydrogens (tertiary/aromatic N) is 2. The minimum Gasteiger partial charge on any atom is -0.339 e. The summed E-state index contributed by atoms with van der Waals surface area (Å²) >= 11 is 0. The fraction of sp³-hybridized carbons (Fsp3) is 0.381. The number of sulfonamides is 1. The predicted octanol–water partition coefficient (Wildman–Crippen LogP) is 2.99. The quantitative estimate of drug-likeness (QED) is 0.858. The average Bonchev–Trinajstić information content (AvgIpc) is 3.12. The van der Waals surface area contributed by atoms with Crippen LogP contribution in [-0.2, 0) is 21.2 Å². The molecule has 7 heteroatoms. The number of anilines is 3. The van der Waals surface area contributed by atoms with Crippen molar-refractivity contribution in [1.82, 2.24) is 4.31 Å². The van der Waals surface area contributed by atoms with E-state index in [4.69, 9.17) is 0 Å². The maximum Gasteiger partial charge on any atom is 0.228 e. The van der Waals surface area contributed by atoms with Gasteiger partial charge in [0.1, 0.15) is 0 Å². The van der Waals surface area contributed by atoms with Crippen molar-refractivity contribution in [2.75, 3.05) is 36.1 Å². The Bertz CT molecular complexity index is 990. The number of amides is 1. The summed E-state index contributed by atoms with van der Waals surface area (Å²) in [7, 11) is -3.27. The van der Waals surface area contributed by atoms with Gasteiger partial charge in [0.15, 0.2) is 0 Å². The Morgan fingerprint density at radius 2 is 1.75 bits per heavy atom. The Morgan fingerprint density at radius 3 is 2.54 bits per heavy atom. The first kappa shape index (κ1) is 19.0. The molecule has 0 aromatic heterocycles. The first-order valence-corrected chi connectivity index (χ1v) is 11.5. The summed E-state index contributed by atoms with van der Waals surface area (Å²) in [6.45, 7) is 1.61. The number of piperidine rings is 1. The van der Waals surface area contributed by atoms with Gasteiger partial charge in [-0.05, 0) is 43.0 Å². The summed E-state index contributed by atoms with van der Waals surface area (Å²) < 4.78 is 25.1. The summed E-state index contributed by atoms with van der Waals surface area (Å²) in [5.74, 6) is -0.448. The van der Waals surface area contributed by atoms with E-state index in [2.05, 4.69) is 22.3 Å². The average molecular weight is 400 g/mol. The lowest BCUT2D eigenvalue weighted by Gasteiger charge is -2.30. The standard InChI is InChI=1S/C21H25N3O3S/c1-28(26,27)23-13-6-8-17(15-23)21(25)22-18-9-3-5-11-20(18)24-14-12-16-7-2-4-10-19(16)24/h2-5,7,9-11,17H,6,8,12-15H2,1H3,(H,22,25). The van der Waals surface area contributed by atoms with Crippen LogP contribution in [0.1, 0.15) is 18.4 Å². The van der Waals surface area contributed by atoms with Gasteiger partial charge in [0.25, 0.3) is 0 Å². The molecule has 2 heterocycles. The molecule has 1 unspecified atom stereocenters. The van der Waals surface area contributed by atoms with Gasteiger partial charge in [0, 0.05) is 25.3 Å². The van der Waals surface area contributed by atoms with E-state index in [1.165, 1.54) is 21.8 Å². The smallest absolute Gasteiger partial charge is 0.228 e. The molecule has 1 N–H and O–H groups in total. The van der Waals surface area contributed by atoms with Crippen LogP contribution >= 0.6 is 0 Å². The Kier molecular flexibility index (Phi) is 5.12. The molecule has 2 aromatic rings.